The van der Waals surface area contributed by atoms with Gasteiger partial charge in [-0.2, -0.15) is 0 Å². The Morgan fingerprint density at radius 3 is 2.83 bits per heavy atom. The minimum absolute atomic E-state index is 0.00699. The molecule has 1 aliphatic heterocycles. The normalized spacial score (nSPS) is 20.6. The summed E-state index contributed by atoms with van der Waals surface area (Å²) in [6, 6.07) is 6.09. The Morgan fingerprint density at radius 2 is 2.12 bits per heavy atom. The standard InChI is InChI=1S/C18H18FNO4/c1-2-23-18(22)17-16(20)14(10-6-3-4-7-11(10)19)15-12(21)8-5-9-13(15)24-17/h3-4,6-7,14H,2,5,8-9,20H2,1H3. The van der Waals surface area contributed by atoms with Gasteiger partial charge in [0, 0.05) is 24.0 Å². The van der Waals surface area contributed by atoms with Crippen molar-refractivity contribution in [2.24, 2.45) is 5.73 Å². The number of nitrogens with two attached hydrogens (primary N) is 1. The third-order valence-electron chi connectivity index (χ3n) is 4.17. The SMILES string of the molecule is CCOC(=O)C1=C(N)C(c2ccccc2F)C2=C(CCCC2=O)O1. The minimum atomic E-state index is -0.831. The highest BCUT2D eigenvalue weighted by atomic mass is 19.1. The van der Waals surface area contributed by atoms with Crippen LogP contribution in [0, 0.1) is 5.82 Å². The summed E-state index contributed by atoms with van der Waals surface area (Å²) < 4.78 is 24.9. The van der Waals surface area contributed by atoms with Gasteiger partial charge in [-0.15, -0.1) is 0 Å². The molecule has 1 atom stereocenters. The molecular formula is C18H18FNO4. The number of Topliss-reactive ketones (excluding diaryl/α,β-unsaturated/α-hetero) is 1. The third-order valence-corrected chi connectivity index (χ3v) is 4.17. The van der Waals surface area contributed by atoms with Crippen molar-refractivity contribution in [3.63, 3.8) is 0 Å². The lowest BCUT2D eigenvalue weighted by molar-refractivity contribution is -0.142. The van der Waals surface area contributed by atoms with Gasteiger partial charge in [-0.1, -0.05) is 18.2 Å². The van der Waals surface area contributed by atoms with E-state index in [1.807, 2.05) is 0 Å². The van der Waals surface area contributed by atoms with Crippen molar-refractivity contribution in [2.45, 2.75) is 32.1 Å². The van der Waals surface area contributed by atoms with Gasteiger partial charge in [-0.25, -0.2) is 9.18 Å². The topological polar surface area (TPSA) is 78.6 Å². The number of carbonyl (C=O) groups is 2. The van der Waals surface area contributed by atoms with E-state index in [4.69, 9.17) is 15.2 Å². The fourth-order valence-electron chi connectivity index (χ4n) is 3.12. The van der Waals surface area contributed by atoms with Crippen molar-refractivity contribution in [2.75, 3.05) is 6.61 Å². The number of ketones is 1. The summed E-state index contributed by atoms with van der Waals surface area (Å²) in [4.78, 5) is 24.6. The van der Waals surface area contributed by atoms with Gasteiger partial charge in [0.1, 0.15) is 11.6 Å². The average Bonchev–Trinajstić information content (AvgIpc) is 2.56. The molecule has 0 aromatic heterocycles. The maximum Gasteiger partial charge on any atom is 0.376 e. The lowest BCUT2D eigenvalue weighted by Crippen LogP contribution is -2.31. The molecule has 1 aliphatic carbocycles. The molecule has 6 heteroatoms. The van der Waals surface area contributed by atoms with Crippen LogP contribution >= 0.6 is 0 Å². The van der Waals surface area contributed by atoms with Gasteiger partial charge >= 0.3 is 5.97 Å². The fraction of sp³-hybridized carbons (Fsp3) is 0.333. The molecule has 3 rings (SSSR count). The first-order valence-electron chi connectivity index (χ1n) is 7.89. The lowest BCUT2D eigenvalue weighted by Gasteiger charge is -2.32. The zero-order valence-corrected chi connectivity index (χ0v) is 13.3. The van der Waals surface area contributed by atoms with Crippen LogP contribution in [0.2, 0.25) is 0 Å². The van der Waals surface area contributed by atoms with Gasteiger partial charge in [0.25, 0.3) is 0 Å². The van der Waals surface area contributed by atoms with Crippen LogP contribution < -0.4 is 5.73 Å². The molecule has 1 heterocycles. The predicted octanol–water partition coefficient (Wildman–Crippen LogP) is 2.68. The zero-order valence-electron chi connectivity index (χ0n) is 13.3. The average molecular weight is 331 g/mol. The monoisotopic (exact) mass is 331 g/mol. The minimum Gasteiger partial charge on any atom is -0.460 e. The van der Waals surface area contributed by atoms with E-state index in [1.54, 1.807) is 25.1 Å². The van der Waals surface area contributed by atoms with E-state index in [0.29, 0.717) is 30.6 Å². The van der Waals surface area contributed by atoms with E-state index in [0.717, 1.165) is 0 Å². The van der Waals surface area contributed by atoms with E-state index in [2.05, 4.69) is 0 Å². The van der Waals surface area contributed by atoms with Crippen LogP contribution in [0.15, 0.2) is 47.1 Å². The number of halogens is 1. The van der Waals surface area contributed by atoms with E-state index in [1.165, 1.54) is 6.07 Å². The molecule has 0 bridgehead atoms. The van der Waals surface area contributed by atoms with Crippen molar-refractivity contribution >= 4 is 11.8 Å². The summed E-state index contributed by atoms with van der Waals surface area (Å²) in [7, 11) is 0. The molecule has 0 radical (unpaired) electrons. The summed E-state index contributed by atoms with van der Waals surface area (Å²) >= 11 is 0. The van der Waals surface area contributed by atoms with Crippen LogP contribution in [0.5, 0.6) is 0 Å². The molecule has 0 spiro atoms. The van der Waals surface area contributed by atoms with Gasteiger partial charge in [0.05, 0.1) is 18.2 Å². The molecule has 0 saturated heterocycles. The number of hydrogen-bond donors (Lipinski definition) is 1. The Bertz CT molecular complexity index is 766. The first kappa shape index (κ1) is 16.2. The highest BCUT2D eigenvalue weighted by molar-refractivity contribution is 6.00. The number of benzene rings is 1. The second-order valence-electron chi connectivity index (χ2n) is 5.68. The van der Waals surface area contributed by atoms with E-state index < -0.39 is 17.7 Å². The first-order valence-corrected chi connectivity index (χ1v) is 7.89. The van der Waals surface area contributed by atoms with Crippen LogP contribution in [0.3, 0.4) is 0 Å². The lowest BCUT2D eigenvalue weighted by atomic mass is 9.79. The van der Waals surface area contributed by atoms with Crippen LogP contribution in [0.25, 0.3) is 0 Å². The Kier molecular flexibility index (Phi) is 4.38. The Morgan fingerprint density at radius 1 is 1.38 bits per heavy atom. The van der Waals surface area contributed by atoms with Crippen molar-refractivity contribution in [3.8, 4) is 0 Å². The van der Waals surface area contributed by atoms with Crippen molar-refractivity contribution < 1.29 is 23.5 Å². The largest absolute Gasteiger partial charge is 0.460 e. The molecular weight excluding hydrogens is 313 g/mol. The van der Waals surface area contributed by atoms with Crippen LogP contribution in [-0.2, 0) is 19.1 Å². The smallest absolute Gasteiger partial charge is 0.376 e. The first-order chi connectivity index (χ1) is 11.5. The molecule has 1 aromatic rings. The maximum absolute atomic E-state index is 14.3. The molecule has 2 aliphatic rings. The highest BCUT2D eigenvalue weighted by Crippen LogP contribution is 2.43. The van der Waals surface area contributed by atoms with Crippen molar-refractivity contribution in [1.82, 2.24) is 0 Å². The highest BCUT2D eigenvalue weighted by Gasteiger charge is 2.40. The van der Waals surface area contributed by atoms with Gasteiger partial charge in [0.2, 0.25) is 5.76 Å². The molecule has 0 amide bonds. The molecule has 0 fully saturated rings. The summed E-state index contributed by atoms with van der Waals surface area (Å²) in [5, 5.41) is 0. The summed E-state index contributed by atoms with van der Waals surface area (Å²) in [6.07, 6.45) is 1.48. The van der Waals surface area contributed by atoms with E-state index in [-0.39, 0.29) is 29.4 Å². The molecule has 126 valence electrons. The number of esters is 1. The molecule has 1 aromatic carbocycles. The van der Waals surface area contributed by atoms with Crippen LogP contribution in [0.1, 0.15) is 37.7 Å². The summed E-state index contributed by atoms with van der Waals surface area (Å²) in [5.74, 6) is -1.92. The Hall–Kier alpha value is -2.63. The van der Waals surface area contributed by atoms with E-state index in [9.17, 15) is 14.0 Å². The predicted molar refractivity (Wildman–Crippen MR) is 84.0 cm³/mol. The van der Waals surface area contributed by atoms with Crippen molar-refractivity contribution in [3.05, 3.63) is 58.4 Å². The molecule has 1 unspecified atom stereocenters. The molecule has 5 nitrogen and oxygen atoms in total. The number of carbonyl (C=O) groups excluding carboxylic acids is 2. The third kappa shape index (κ3) is 2.68. The second kappa shape index (κ2) is 6.47. The van der Waals surface area contributed by atoms with Gasteiger partial charge in [-0.3, -0.25) is 4.79 Å². The van der Waals surface area contributed by atoms with Crippen LogP contribution in [0.4, 0.5) is 4.39 Å². The Balaban J connectivity index is 2.16. The van der Waals surface area contributed by atoms with Crippen LogP contribution in [-0.4, -0.2) is 18.4 Å². The van der Waals surface area contributed by atoms with Gasteiger partial charge in [0.15, 0.2) is 5.78 Å². The fourth-order valence-corrected chi connectivity index (χ4v) is 3.12. The van der Waals surface area contributed by atoms with E-state index >= 15 is 0 Å². The number of ether oxygens (including phenoxy) is 2. The Labute approximate surface area is 138 Å². The summed E-state index contributed by atoms with van der Waals surface area (Å²) in [5.41, 5.74) is 6.73. The maximum atomic E-state index is 14.3. The molecule has 24 heavy (non-hydrogen) atoms. The molecule has 0 saturated carbocycles. The van der Waals surface area contributed by atoms with Gasteiger partial charge in [-0.05, 0) is 19.4 Å². The molecule has 2 N–H and O–H groups in total. The second-order valence-corrected chi connectivity index (χ2v) is 5.68. The van der Waals surface area contributed by atoms with Gasteiger partial charge < -0.3 is 15.2 Å². The number of allylic oxidation sites excluding steroid dienone is 2. The number of hydrogen-bond acceptors (Lipinski definition) is 5. The quantitative estimate of drug-likeness (QED) is 0.862. The number of rotatable bonds is 3. The zero-order chi connectivity index (χ0) is 17.3. The summed E-state index contributed by atoms with van der Waals surface area (Å²) in [6.45, 7) is 1.83. The van der Waals surface area contributed by atoms with Crippen molar-refractivity contribution in [1.29, 1.82) is 0 Å².